The number of carbonyl (C=O) groups is 2. The number of furan rings is 1. The lowest BCUT2D eigenvalue weighted by Gasteiger charge is -2.26. The van der Waals surface area contributed by atoms with Crippen molar-refractivity contribution in [2.24, 2.45) is 0 Å². The zero-order valence-corrected chi connectivity index (χ0v) is 14.0. The van der Waals surface area contributed by atoms with Gasteiger partial charge in [0.05, 0.1) is 37.7 Å². The Morgan fingerprint density at radius 1 is 1.15 bits per heavy atom. The molecule has 7 heteroatoms. The van der Waals surface area contributed by atoms with Crippen molar-refractivity contribution < 1.29 is 29.0 Å². The van der Waals surface area contributed by atoms with Crippen molar-refractivity contribution in [1.29, 1.82) is 0 Å². The molecule has 136 valence electrons. The summed E-state index contributed by atoms with van der Waals surface area (Å²) < 4.78 is 10.4. The SMILES string of the molecule is O=C(C1=C(O)C(=O)N(CCOCCO)C1c1ccccc1)c1ccco1. The lowest BCUT2D eigenvalue weighted by molar-refractivity contribution is -0.130. The Balaban J connectivity index is 1.95. The van der Waals surface area contributed by atoms with E-state index in [1.165, 1.54) is 17.2 Å². The van der Waals surface area contributed by atoms with E-state index >= 15 is 0 Å². The minimum absolute atomic E-state index is 0.0155. The first kappa shape index (κ1) is 17.9. The number of carbonyl (C=O) groups excluding carboxylic acids is 2. The molecular weight excluding hydrogens is 338 g/mol. The average molecular weight is 357 g/mol. The molecule has 2 aromatic rings. The summed E-state index contributed by atoms with van der Waals surface area (Å²) in [7, 11) is 0. The molecule has 26 heavy (non-hydrogen) atoms. The van der Waals surface area contributed by atoms with E-state index in [4.69, 9.17) is 14.3 Å². The number of amides is 1. The summed E-state index contributed by atoms with van der Waals surface area (Å²) in [5, 5.41) is 19.2. The summed E-state index contributed by atoms with van der Waals surface area (Å²) in [6.07, 6.45) is 1.36. The van der Waals surface area contributed by atoms with E-state index in [0.29, 0.717) is 5.56 Å². The molecule has 7 nitrogen and oxygen atoms in total. The number of rotatable bonds is 8. The number of hydrogen-bond donors (Lipinski definition) is 2. The van der Waals surface area contributed by atoms with Gasteiger partial charge in [-0.2, -0.15) is 0 Å². The van der Waals surface area contributed by atoms with Crippen LogP contribution in [0.4, 0.5) is 0 Å². The van der Waals surface area contributed by atoms with Crippen molar-refractivity contribution in [3.05, 3.63) is 71.4 Å². The first-order valence-corrected chi connectivity index (χ1v) is 8.21. The molecule has 1 amide bonds. The van der Waals surface area contributed by atoms with Gasteiger partial charge in [-0.25, -0.2) is 0 Å². The summed E-state index contributed by atoms with van der Waals surface area (Å²) >= 11 is 0. The number of hydrogen-bond acceptors (Lipinski definition) is 6. The zero-order chi connectivity index (χ0) is 18.5. The van der Waals surface area contributed by atoms with E-state index in [2.05, 4.69) is 0 Å². The number of aliphatic hydroxyl groups excluding tert-OH is 2. The minimum atomic E-state index is -0.737. The summed E-state index contributed by atoms with van der Waals surface area (Å²) in [6, 6.07) is 11.3. The van der Waals surface area contributed by atoms with Crippen molar-refractivity contribution >= 4 is 11.7 Å². The third-order valence-electron chi connectivity index (χ3n) is 4.12. The van der Waals surface area contributed by atoms with Crippen LogP contribution in [0.3, 0.4) is 0 Å². The number of Topliss-reactive ketones (excluding diaryl/α,β-unsaturated/α-hetero) is 1. The predicted octanol–water partition coefficient (Wildman–Crippen LogP) is 1.87. The van der Waals surface area contributed by atoms with Gasteiger partial charge in [0.2, 0.25) is 5.78 Å². The molecule has 0 spiro atoms. The first-order chi connectivity index (χ1) is 12.6. The van der Waals surface area contributed by atoms with Gasteiger partial charge in [-0.05, 0) is 17.7 Å². The number of nitrogens with zero attached hydrogens (tertiary/aromatic N) is 1. The number of ketones is 1. The van der Waals surface area contributed by atoms with Crippen molar-refractivity contribution in [3.8, 4) is 0 Å². The highest BCUT2D eigenvalue weighted by atomic mass is 16.5. The second-order valence-electron chi connectivity index (χ2n) is 5.72. The van der Waals surface area contributed by atoms with Crippen LogP contribution in [0.5, 0.6) is 0 Å². The monoisotopic (exact) mass is 357 g/mol. The Bertz CT molecular complexity index is 797. The molecule has 1 aliphatic rings. The Labute approximate surface area is 150 Å². The highest BCUT2D eigenvalue weighted by Crippen LogP contribution is 2.38. The Hall–Kier alpha value is -2.90. The highest BCUT2D eigenvalue weighted by molar-refractivity contribution is 6.14. The fourth-order valence-electron chi connectivity index (χ4n) is 2.97. The van der Waals surface area contributed by atoms with E-state index < -0.39 is 23.5 Å². The largest absolute Gasteiger partial charge is 0.503 e. The second kappa shape index (κ2) is 7.99. The average Bonchev–Trinajstić information content (AvgIpc) is 3.28. The standard InChI is InChI=1S/C19H19NO6/c21-9-12-25-11-8-20-16(13-5-2-1-3-6-13)15(18(23)19(20)24)17(22)14-7-4-10-26-14/h1-7,10,16,21,23H,8-9,11-12H2. The molecule has 0 aliphatic carbocycles. The van der Waals surface area contributed by atoms with Crippen LogP contribution in [-0.4, -0.2) is 53.2 Å². The summed E-state index contributed by atoms with van der Waals surface area (Å²) in [5.41, 5.74) is 0.681. The normalized spacial score (nSPS) is 17.2. The van der Waals surface area contributed by atoms with Crippen molar-refractivity contribution in [3.63, 3.8) is 0 Å². The fourth-order valence-corrected chi connectivity index (χ4v) is 2.97. The van der Waals surface area contributed by atoms with Crippen LogP contribution in [0.15, 0.2) is 64.5 Å². The van der Waals surface area contributed by atoms with E-state index in [-0.39, 0.29) is 37.7 Å². The number of ether oxygens (including phenoxy) is 1. The molecular formula is C19H19NO6. The summed E-state index contributed by atoms with van der Waals surface area (Å²) in [4.78, 5) is 26.8. The lowest BCUT2D eigenvalue weighted by Crippen LogP contribution is -2.34. The molecule has 1 unspecified atom stereocenters. The van der Waals surface area contributed by atoms with Crippen LogP contribution in [0.1, 0.15) is 22.2 Å². The summed E-state index contributed by atoms with van der Waals surface area (Å²) in [5.74, 6) is -1.70. The van der Waals surface area contributed by atoms with Gasteiger partial charge in [0.15, 0.2) is 11.5 Å². The smallest absolute Gasteiger partial charge is 0.290 e. The Kier molecular flexibility index (Phi) is 5.50. The highest BCUT2D eigenvalue weighted by Gasteiger charge is 2.44. The van der Waals surface area contributed by atoms with Crippen molar-refractivity contribution in [2.75, 3.05) is 26.4 Å². The van der Waals surface area contributed by atoms with Crippen molar-refractivity contribution in [1.82, 2.24) is 4.90 Å². The maximum absolute atomic E-state index is 12.8. The quantitative estimate of drug-likeness (QED) is 0.553. The van der Waals surface area contributed by atoms with Gasteiger partial charge in [-0.3, -0.25) is 9.59 Å². The lowest BCUT2D eigenvalue weighted by atomic mass is 9.95. The molecule has 0 fully saturated rings. The molecule has 2 heterocycles. The van der Waals surface area contributed by atoms with Gasteiger partial charge in [0.1, 0.15) is 0 Å². The Morgan fingerprint density at radius 3 is 2.58 bits per heavy atom. The molecule has 1 aromatic heterocycles. The van der Waals surface area contributed by atoms with Gasteiger partial charge in [-0.15, -0.1) is 0 Å². The molecule has 1 aliphatic heterocycles. The van der Waals surface area contributed by atoms with Crippen LogP contribution in [-0.2, 0) is 9.53 Å². The van der Waals surface area contributed by atoms with Gasteiger partial charge >= 0.3 is 0 Å². The first-order valence-electron chi connectivity index (χ1n) is 8.21. The predicted molar refractivity (Wildman–Crippen MR) is 91.5 cm³/mol. The maximum atomic E-state index is 12.8. The van der Waals surface area contributed by atoms with Gasteiger partial charge in [0.25, 0.3) is 5.91 Å². The van der Waals surface area contributed by atoms with Crippen molar-refractivity contribution in [2.45, 2.75) is 6.04 Å². The van der Waals surface area contributed by atoms with E-state index in [0.717, 1.165) is 0 Å². The molecule has 0 saturated carbocycles. The van der Waals surface area contributed by atoms with E-state index in [9.17, 15) is 14.7 Å². The maximum Gasteiger partial charge on any atom is 0.290 e. The second-order valence-corrected chi connectivity index (χ2v) is 5.72. The fraction of sp³-hybridized carbons (Fsp3) is 0.263. The molecule has 1 aromatic carbocycles. The number of aliphatic hydroxyl groups is 2. The zero-order valence-electron chi connectivity index (χ0n) is 14.0. The van der Waals surface area contributed by atoms with E-state index in [1.54, 1.807) is 30.3 Å². The molecule has 0 radical (unpaired) electrons. The molecule has 0 saturated heterocycles. The van der Waals surface area contributed by atoms with Crippen LogP contribution < -0.4 is 0 Å². The number of benzene rings is 1. The molecule has 1 atom stereocenters. The molecule has 3 rings (SSSR count). The van der Waals surface area contributed by atoms with Crippen LogP contribution >= 0.6 is 0 Å². The Morgan fingerprint density at radius 2 is 1.92 bits per heavy atom. The van der Waals surface area contributed by atoms with Crippen LogP contribution in [0, 0.1) is 0 Å². The minimum Gasteiger partial charge on any atom is -0.503 e. The third kappa shape index (κ3) is 3.40. The van der Waals surface area contributed by atoms with Crippen LogP contribution in [0.25, 0.3) is 0 Å². The molecule has 0 bridgehead atoms. The van der Waals surface area contributed by atoms with Gasteiger partial charge < -0.3 is 24.3 Å². The van der Waals surface area contributed by atoms with Gasteiger partial charge in [-0.1, -0.05) is 30.3 Å². The topological polar surface area (TPSA) is 100 Å². The van der Waals surface area contributed by atoms with Crippen LogP contribution in [0.2, 0.25) is 0 Å². The van der Waals surface area contributed by atoms with E-state index in [1.807, 2.05) is 6.07 Å². The summed E-state index contributed by atoms with van der Waals surface area (Å²) in [6.45, 7) is 0.361. The molecule has 2 N–H and O–H groups in total. The van der Waals surface area contributed by atoms with Gasteiger partial charge in [0, 0.05) is 6.54 Å². The third-order valence-corrected chi connectivity index (χ3v) is 4.12.